The van der Waals surface area contributed by atoms with Gasteiger partial charge in [-0.05, 0) is 24.6 Å². The molecule has 0 spiro atoms. The molecule has 1 aliphatic rings. The van der Waals surface area contributed by atoms with E-state index in [0.29, 0.717) is 5.58 Å². The number of aliphatic hydroxyl groups excluding tert-OH is 3. The molecule has 5 unspecified atom stereocenters. The Morgan fingerprint density at radius 2 is 2.00 bits per heavy atom. The van der Waals surface area contributed by atoms with Crippen LogP contribution in [0.3, 0.4) is 0 Å². The van der Waals surface area contributed by atoms with Crippen LogP contribution in [-0.4, -0.2) is 58.5 Å². The first-order chi connectivity index (χ1) is 12.8. The molecule has 0 bridgehead atoms. The highest BCUT2D eigenvalue weighted by molar-refractivity contribution is 5.81. The fourth-order valence-electron chi connectivity index (χ4n) is 3.08. The van der Waals surface area contributed by atoms with Crippen molar-refractivity contribution < 1.29 is 34.0 Å². The summed E-state index contributed by atoms with van der Waals surface area (Å²) in [5.74, 6) is -0.192. The van der Waals surface area contributed by atoms with E-state index in [2.05, 4.69) is 5.32 Å². The van der Waals surface area contributed by atoms with Gasteiger partial charge >= 0.3 is 5.63 Å². The van der Waals surface area contributed by atoms with E-state index in [1.54, 1.807) is 19.1 Å². The van der Waals surface area contributed by atoms with Crippen LogP contribution < -0.4 is 15.7 Å². The van der Waals surface area contributed by atoms with Gasteiger partial charge in [0.1, 0.15) is 35.7 Å². The number of amides is 1. The lowest BCUT2D eigenvalue weighted by Gasteiger charge is -2.42. The SMILES string of the molecule is CC(=O)NC1C(Oc2ccc3c(C)cc(=O)oc3c2)OC(CO)C(O)C1O. The van der Waals surface area contributed by atoms with Gasteiger partial charge in [0.15, 0.2) is 0 Å². The van der Waals surface area contributed by atoms with Crippen molar-refractivity contribution in [3.63, 3.8) is 0 Å². The zero-order valence-corrected chi connectivity index (χ0v) is 14.8. The molecule has 9 heteroatoms. The van der Waals surface area contributed by atoms with Gasteiger partial charge in [-0.3, -0.25) is 4.79 Å². The van der Waals surface area contributed by atoms with E-state index < -0.39 is 48.8 Å². The molecule has 1 aromatic carbocycles. The number of nitrogens with one attached hydrogen (secondary N) is 1. The van der Waals surface area contributed by atoms with Gasteiger partial charge in [0.05, 0.1) is 6.61 Å². The molecule has 1 fully saturated rings. The van der Waals surface area contributed by atoms with Crippen LogP contribution in [0.5, 0.6) is 5.75 Å². The Morgan fingerprint density at radius 1 is 1.26 bits per heavy atom. The van der Waals surface area contributed by atoms with Crippen LogP contribution in [0.1, 0.15) is 12.5 Å². The predicted molar refractivity (Wildman–Crippen MR) is 93.2 cm³/mol. The first-order valence-electron chi connectivity index (χ1n) is 8.41. The Kier molecular flexibility index (Phi) is 5.47. The summed E-state index contributed by atoms with van der Waals surface area (Å²) in [6.07, 6.45) is -5.08. The Bertz CT molecular complexity index is 895. The largest absolute Gasteiger partial charge is 0.462 e. The smallest absolute Gasteiger partial charge is 0.336 e. The van der Waals surface area contributed by atoms with Gasteiger partial charge in [0.25, 0.3) is 0 Å². The fraction of sp³-hybridized carbons (Fsp3) is 0.444. The normalized spacial score (nSPS) is 28.1. The van der Waals surface area contributed by atoms with E-state index in [0.717, 1.165) is 10.9 Å². The lowest BCUT2D eigenvalue weighted by atomic mass is 9.97. The number of hydrogen-bond acceptors (Lipinski definition) is 8. The van der Waals surface area contributed by atoms with E-state index in [-0.39, 0.29) is 5.75 Å². The summed E-state index contributed by atoms with van der Waals surface area (Å²) in [7, 11) is 0. The average Bonchev–Trinajstić information content (AvgIpc) is 2.60. The predicted octanol–water partition coefficient (Wildman–Crippen LogP) is -0.576. The van der Waals surface area contributed by atoms with Crippen molar-refractivity contribution in [3.05, 3.63) is 40.2 Å². The molecule has 3 rings (SSSR count). The van der Waals surface area contributed by atoms with Crippen molar-refractivity contribution in [1.82, 2.24) is 5.32 Å². The van der Waals surface area contributed by atoms with E-state index in [1.807, 2.05) is 0 Å². The van der Waals surface area contributed by atoms with Gasteiger partial charge in [0.2, 0.25) is 12.2 Å². The topological polar surface area (TPSA) is 138 Å². The quantitative estimate of drug-likeness (QED) is 0.518. The highest BCUT2D eigenvalue weighted by atomic mass is 16.7. The minimum absolute atomic E-state index is 0.261. The van der Waals surface area contributed by atoms with E-state index >= 15 is 0 Å². The second kappa shape index (κ2) is 7.65. The maximum absolute atomic E-state index is 11.6. The number of ether oxygens (including phenoxy) is 2. The third-order valence-corrected chi connectivity index (χ3v) is 4.43. The molecule has 1 aromatic heterocycles. The number of aliphatic hydroxyl groups is 3. The number of benzene rings is 1. The number of rotatable bonds is 4. The van der Waals surface area contributed by atoms with Gasteiger partial charge in [-0.2, -0.15) is 0 Å². The van der Waals surface area contributed by atoms with Crippen LogP contribution in [0.25, 0.3) is 11.0 Å². The molecule has 27 heavy (non-hydrogen) atoms. The molecule has 9 nitrogen and oxygen atoms in total. The van der Waals surface area contributed by atoms with Crippen LogP contribution in [-0.2, 0) is 9.53 Å². The van der Waals surface area contributed by atoms with Gasteiger partial charge in [0, 0.05) is 24.4 Å². The molecule has 0 aliphatic carbocycles. The molecule has 2 aromatic rings. The van der Waals surface area contributed by atoms with E-state index in [1.165, 1.54) is 19.1 Å². The van der Waals surface area contributed by atoms with Gasteiger partial charge < -0.3 is 34.5 Å². The van der Waals surface area contributed by atoms with Gasteiger partial charge in [-0.1, -0.05) is 0 Å². The molecule has 1 aliphatic heterocycles. The first kappa shape index (κ1) is 19.3. The minimum Gasteiger partial charge on any atom is -0.462 e. The van der Waals surface area contributed by atoms with E-state index in [9.17, 15) is 24.9 Å². The highest BCUT2D eigenvalue weighted by Crippen LogP contribution is 2.27. The summed E-state index contributed by atoms with van der Waals surface area (Å²) in [4.78, 5) is 23.0. The van der Waals surface area contributed by atoms with Crippen molar-refractivity contribution in [2.45, 2.75) is 44.5 Å². The lowest BCUT2D eigenvalue weighted by Crippen LogP contribution is -2.65. The van der Waals surface area contributed by atoms with Gasteiger partial charge in [-0.15, -0.1) is 0 Å². The molecule has 146 valence electrons. The fourth-order valence-corrected chi connectivity index (χ4v) is 3.08. The van der Waals surface area contributed by atoms with Crippen molar-refractivity contribution in [2.24, 2.45) is 0 Å². The summed E-state index contributed by atoms with van der Waals surface area (Å²) in [6.45, 7) is 2.48. The summed E-state index contributed by atoms with van der Waals surface area (Å²) < 4.78 is 16.4. The van der Waals surface area contributed by atoms with Gasteiger partial charge in [-0.25, -0.2) is 4.79 Å². The van der Waals surface area contributed by atoms with Crippen molar-refractivity contribution in [3.8, 4) is 5.75 Å². The standard InChI is InChI=1S/C18H21NO8/c1-8-5-14(22)26-12-6-10(3-4-11(8)12)25-18-15(19-9(2)21)17(24)16(23)13(7-20)27-18/h3-6,13,15-18,20,23-24H,7H2,1-2H3,(H,19,21). The second-order valence-corrected chi connectivity index (χ2v) is 6.46. The van der Waals surface area contributed by atoms with Crippen LogP contribution in [0.15, 0.2) is 33.5 Å². The molecule has 5 atom stereocenters. The first-order valence-corrected chi connectivity index (χ1v) is 8.41. The number of aryl methyl sites for hydroxylation is 1. The Balaban J connectivity index is 1.91. The Labute approximate surface area is 154 Å². The molecular weight excluding hydrogens is 358 g/mol. The monoisotopic (exact) mass is 379 g/mol. The third-order valence-electron chi connectivity index (χ3n) is 4.43. The summed E-state index contributed by atoms with van der Waals surface area (Å²) in [6, 6.07) is 5.12. The van der Waals surface area contributed by atoms with Crippen LogP contribution in [0.4, 0.5) is 0 Å². The molecule has 0 saturated carbocycles. The van der Waals surface area contributed by atoms with Crippen LogP contribution >= 0.6 is 0 Å². The zero-order valence-electron chi connectivity index (χ0n) is 14.8. The number of fused-ring (bicyclic) bond motifs is 1. The summed E-state index contributed by atoms with van der Waals surface area (Å²) >= 11 is 0. The molecule has 2 heterocycles. The van der Waals surface area contributed by atoms with E-state index in [4.69, 9.17) is 13.9 Å². The molecule has 1 amide bonds. The van der Waals surface area contributed by atoms with Crippen molar-refractivity contribution in [2.75, 3.05) is 6.61 Å². The Hall–Kier alpha value is -2.46. The molecular formula is C18H21NO8. The van der Waals surface area contributed by atoms with Crippen molar-refractivity contribution in [1.29, 1.82) is 0 Å². The van der Waals surface area contributed by atoms with Crippen LogP contribution in [0, 0.1) is 6.92 Å². The number of hydrogen-bond donors (Lipinski definition) is 4. The number of carbonyl (C=O) groups excluding carboxylic acids is 1. The van der Waals surface area contributed by atoms with Crippen molar-refractivity contribution >= 4 is 16.9 Å². The molecule has 1 saturated heterocycles. The molecule has 4 N–H and O–H groups in total. The third kappa shape index (κ3) is 3.96. The zero-order chi connectivity index (χ0) is 19.7. The molecule has 0 radical (unpaired) electrons. The summed E-state index contributed by atoms with van der Waals surface area (Å²) in [5.41, 5.74) is 0.557. The summed E-state index contributed by atoms with van der Waals surface area (Å²) in [5, 5.41) is 32.9. The maximum atomic E-state index is 11.6. The number of carbonyl (C=O) groups is 1. The Morgan fingerprint density at radius 3 is 2.67 bits per heavy atom. The highest BCUT2D eigenvalue weighted by Gasteiger charge is 2.46. The minimum atomic E-state index is -1.41. The second-order valence-electron chi connectivity index (χ2n) is 6.46. The maximum Gasteiger partial charge on any atom is 0.336 e. The van der Waals surface area contributed by atoms with Crippen LogP contribution in [0.2, 0.25) is 0 Å². The lowest BCUT2D eigenvalue weighted by molar-refractivity contribution is -0.244. The average molecular weight is 379 g/mol.